The molecule has 1 saturated heterocycles. The highest BCUT2D eigenvalue weighted by Crippen LogP contribution is 2.35. The lowest BCUT2D eigenvalue weighted by Crippen LogP contribution is -2.44. The minimum Gasteiger partial charge on any atom is -0.308 e. The molecule has 0 radical (unpaired) electrons. The molecular weight excluding hydrogens is 540 g/mol. The molecule has 3 aromatic rings. The van der Waals surface area contributed by atoms with E-state index in [0.29, 0.717) is 29.9 Å². The van der Waals surface area contributed by atoms with E-state index in [9.17, 15) is 27.2 Å². The number of likely N-dealkylation sites (N-methyl/N-ethyl adjacent to an activating group) is 1. The van der Waals surface area contributed by atoms with E-state index in [4.69, 9.17) is 0 Å². The minimum atomic E-state index is -4.57. The molecule has 4 rings (SSSR count). The molecular formula is C29H30F4N6O2. The van der Waals surface area contributed by atoms with Gasteiger partial charge in [0.2, 0.25) is 0 Å². The van der Waals surface area contributed by atoms with Crippen LogP contribution in [0.5, 0.6) is 0 Å². The first-order valence-corrected chi connectivity index (χ1v) is 12.8. The molecule has 0 saturated carbocycles. The Morgan fingerprint density at radius 1 is 0.951 bits per heavy atom. The van der Waals surface area contributed by atoms with Crippen LogP contribution in [-0.2, 0) is 17.5 Å². The second kappa shape index (κ2) is 12.5. The molecule has 2 heterocycles. The zero-order valence-corrected chi connectivity index (χ0v) is 22.6. The number of aryl methyl sites for hydroxylation is 1. The number of alkyl halides is 3. The second-order valence-corrected chi connectivity index (χ2v) is 9.85. The van der Waals surface area contributed by atoms with E-state index in [1.54, 1.807) is 31.2 Å². The largest absolute Gasteiger partial charge is 0.416 e. The Morgan fingerprint density at radius 2 is 1.66 bits per heavy atom. The predicted octanol–water partition coefficient (Wildman–Crippen LogP) is 5.89. The smallest absolute Gasteiger partial charge is 0.308 e. The van der Waals surface area contributed by atoms with Crippen molar-refractivity contribution in [3.05, 3.63) is 83.8 Å². The minimum absolute atomic E-state index is 0.0285. The number of rotatable bonds is 7. The third-order valence-electron chi connectivity index (χ3n) is 6.72. The first-order chi connectivity index (χ1) is 19.4. The van der Waals surface area contributed by atoms with Crippen LogP contribution in [0.25, 0.3) is 11.1 Å². The Labute approximate surface area is 235 Å². The van der Waals surface area contributed by atoms with Gasteiger partial charge in [-0.2, -0.15) is 13.2 Å². The summed E-state index contributed by atoms with van der Waals surface area (Å²) in [7, 11) is 1.98. The fraction of sp³-hybridized carbons (Fsp3) is 0.276. The molecule has 1 fully saturated rings. The molecule has 1 aromatic heterocycles. The quantitative estimate of drug-likeness (QED) is 0.244. The van der Waals surface area contributed by atoms with Crippen molar-refractivity contribution in [1.82, 2.24) is 14.8 Å². The Balaban J connectivity index is 1.41. The van der Waals surface area contributed by atoms with Crippen molar-refractivity contribution in [2.24, 2.45) is 0 Å². The van der Waals surface area contributed by atoms with Gasteiger partial charge in [0.1, 0.15) is 5.82 Å². The summed E-state index contributed by atoms with van der Waals surface area (Å²) in [6.45, 7) is 7.84. The van der Waals surface area contributed by atoms with Crippen LogP contribution in [0.15, 0.2) is 67.1 Å². The fourth-order valence-corrected chi connectivity index (χ4v) is 4.39. The average Bonchev–Trinajstić information content (AvgIpc) is 2.91. The van der Waals surface area contributed by atoms with Gasteiger partial charge in [-0.1, -0.05) is 18.7 Å². The number of piperazine rings is 1. The summed E-state index contributed by atoms with van der Waals surface area (Å²) in [5.41, 5.74) is 2.05. The molecule has 12 heteroatoms. The number of benzene rings is 2. The summed E-state index contributed by atoms with van der Waals surface area (Å²) in [6.07, 6.45) is -3.07. The Bertz CT molecular complexity index is 1430. The number of carbonyl (C=O) groups excluding carboxylic acids is 2. The van der Waals surface area contributed by atoms with Crippen LogP contribution in [0.2, 0.25) is 0 Å². The number of carbonyl (C=O) groups is 2. The van der Waals surface area contributed by atoms with Crippen molar-refractivity contribution < 1.29 is 27.2 Å². The van der Waals surface area contributed by atoms with Crippen LogP contribution < -0.4 is 16.0 Å². The van der Waals surface area contributed by atoms with Crippen LogP contribution in [0.3, 0.4) is 0 Å². The molecule has 1 aliphatic heterocycles. The van der Waals surface area contributed by atoms with Crippen LogP contribution in [-0.4, -0.2) is 59.9 Å². The lowest BCUT2D eigenvalue weighted by Gasteiger charge is -2.33. The van der Waals surface area contributed by atoms with Gasteiger partial charge in [0.15, 0.2) is 5.83 Å². The molecule has 0 unspecified atom stereocenters. The van der Waals surface area contributed by atoms with Gasteiger partial charge in [-0.15, -0.1) is 0 Å². The molecule has 2 aromatic carbocycles. The van der Waals surface area contributed by atoms with Gasteiger partial charge >= 0.3 is 12.2 Å². The summed E-state index contributed by atoms with van der Waals surface area (Å²) in [5, 5.41) is 7.44. The molecule has 3 amide bonds. The number of nitrogens with zero attached hydrogens (tertiary/aromatic N) is 3. The normalized spacial score (nSPS) is 14.4. The lowest BCUT2D eigenvalue weighted by molar-refractivity contribution is -0.138. The van der Waals surface area contributed by atoms with Crippen molar-refractivity contribution in [3.8, 4) is 11.1 Å². The van der Waals surface area contributed by atoms with Gasteiger partial charge < -0.3 is 20.9 Å². The molecule has 41 heavy (non-hydrogen) atoms. The van der Waals surface area contributed by atoms with Gasteiger partial charge in [-0.25, -0.2) is 14.2 Å². The fourth-order valence-electron chi connectivity index (χ4n) is 4.39. The molecule has 216 valence electrons. The first-order valence-electron chi connectivity index (χ1n) is 12.8. The number of anilines is 3. The van der Waals surface area contributed by atoms with Crippen molar-refractivity contribution in [3.63, 3.8) is 0 Å². The van der Waals surface area contributed by atoms with Gasteiger partial charge in [0.05, 0.1) is 5.56 Å². The summed E-state index contributed by atoms with van der Waals surface area (Å²) < 4.78 is 54.5. The van der Waals surface area contributed by atoms with Crippen molar-refractivity contribution in [2.45, 2.75) is 19.6 Å². The number of amides is 3. The van der Waals surface area contributed by atoms with E-state index >= 15 is 0 Å². The third-order valence-corrected chi connectivity index (χ3v) is 6.72. The molecule has 0 spiro atoms. The number of hydrogen-bond acceptors (Lipinski definition) is 5. The van der Waals surface area contributed by atoms with E-state index in [2.05, 4.69) is 32.4 Å². The Kier molecular flexibility index (Phi) is 9.04. The zero-order valence-electron chi connectivity index (χ0n) is 22.6. The van der Waals surface area contributed by atoms with Crippen LogP contribution >= 0.6 is 0 Å². The van der Waals surface area contributed by atoms with E-state index in [-0.39, 0.29) is 23.6 Å². The summed E-state index contributed by atoms with van der Waals surface area (Å²) in [6, 6.07) is 11.5. The van der Waals surface area contributed by atoms with E-state index < -0.39 is 29.5 Å². The average molecular weight is 571 g/mol. The number of halogens is 4. The van der Waals surface area contributed by atoms with Gasteiger partial charge in [-0.05, 0) is 67.1 Å². The SMILES string of the molecule is C=C(F)C(=O)Nc1ccc(-c2ccc(NC(=O)Nc3ccc(CN4CCN(C)CC4)c(C(F)(F)F)c3)c(C)c2)cn1. The maximum atomic E-state index is 13.9. The van der Waals surface area contributed by atoms with Gasteiger partial charge in [0.25, 0.3) is 5.91 Å². The maximum Gasteiger partial charge on any atom is 0.416 e. The monoisotopic (exact) mass is 570 g/mol. The molecule has 3 N–H and O–H groups in total. The molecule has 0 bridgehead atoms. The molecule has 1 aliphatic rings. The van der Waals surface area contributed by atoms with Gasteiger partial charge in [0, 0.05) is 55.9 Å². The third kappa shape index (κ3) is 7.89. The molecule has 0 atom stereocenters. The standard InChI is InChI=1S/C29H30F4N6O2/c1-18-14-20(21-6-9-26(34-16-21)37-27(40)19(2)30)5-8-25(18)36-28(41)35-23-7-4-22(24(15-23)29(31,32)33)17-39-12-10-38(3)11-13-39/h4-9,14-16H,2,10-13,17H2,1,3H3,(H,34,37,40)(H2,35,36,41). The Hall–Kier alpha value is -4.29. The van der Waals surface area contributed by atoms with Crippen molar-refractivity contribution in [1.29, 1.82) is 0 Å². The number of pyridine rings is 1. The first kappa shape index (κ1) is 29.7. The molecule has 8 nitrogen and oxygen atoms in total. The molecule has 0 aliphatic carbocycles. The van der Waals surface area contributed by atoms with Gasteiger partial charge in [-0.3, -0.25) is 9.69 Å². The van der Waals surface area contributed by atoms with E-state index in [0.717, 1.165) is 24.7 Å². The predicted molar refractivity (Wildman–Crippen MR) is 150 cm³/mol. The van der Waals surface area contributed by atoms with Crippen LogP contribution in [0.1, 0.15) is 16.7 Å². The van der Waals surface area contributed by atoms with Crippen molar-refractivity contribution >= 4 is 29.1 Å². The number of aromatic nitrogens is 1. The van der Waals surface area contributed by atoms with E-state index in [1.165, 1.54) is 24.4 Å². The highest BCUT2D eigenvalue weighted by molar-refractivity contribution is 6.01. The Morgan fingerprint density at radius 3 is 2.27 bits per heavy atom. The summed E-state index contributed by atoms with van der Waals surface area (Å²) in [4.78, 5) is 32.3. The highest BCUT2D eigenvalue weighted by Gasteiger charge is 2.34. The number of hydrogen-bond donors (Lipinski definition) is 3. The summed E-state index contributed by atoms with van der Waals surface area (Å²) >= 11 is 0. The van der Waals surface area contributed by atoms with E-state index in [1.807, 2.05) is 11.9 Å². The highest BCUT2D eigenvalue weighted by atomic mass is 19.4. The zero-order chi connectivity index (χ0) is 29.7. The number of urea groups is 1. The second-order valence-electron chi connectivity index (χ2n) is 9.85. The maximum absolute atomic E-state index is 13.9. The number of nitrogens with one attached hydrogen (secondary N) is 3. The van der Waals surface area contributed by atoms with Crippen LogP contribution in [0.4, 0.5) is 39.5 Å². The topological polar surface area (TPSA) is 89.6 Å². The lowest BCUT2D eigenvalue weighted by atomic mass is 10.0. The van der Waals surface area contributed by atoms with Crippen molar-refractivity contribution in [2.75, 3.05) is 49.2 Å². The van der Waals surface area contributed by atoms with Crippen LogP contribution in [0, 0.1) is 6.92 Å². The summed E-state index contributed by atoms with van der Waals surface area (Å²) in [5.74, 6) is -1.95.